The second kappa shape index (κ2) is 2.45. The molecule has 0 amide bonds. The minimum atomic E-state index is -0.375. The van der Waals surface area contributed by atoms with E-state index in [2.05, 4.69) is 0 Å². The first kappa shape index (κ1) is 3.45. The first-order chi connectivity index (χ1) is 1.91. The maximum Gasteiger partial charge on any atom is 0.130 e. The molecule has 22 valence electrons. The molecule has 0 spiro atoms. The third-order valence-electron chi connectivity index (χ3n) is 0.0707. The van der Waals surface area contributed by atoms with Gasteiger partial charge in [-0.25, -0.2) is 0 Å². The summed E-state index contributed by atoms with van der Waals surface area (Å²) in [5.41, 5.74) is 0. The zero-order valence-electron chi connectivity index (χ0n) is 2.10. The average molecular weight is 59.0 g/mol. The molecule has 0 heterocycles. The summed E-state index contributed by atoms with van der Waals surface area (Å²) in [6.07, 6.45) is 0. The van der Waals surface area contributed by atoms with Crippen molar-refractivity contribution in [2.24, 2.45) is 0 Å². The molecule has 0 radical (unpaired) electrons. The van der Waals surface area contributed by atoms with Gasteiger partial charge in [0.1, 0.15) is 6.61 Å². The zero-order valence-corrected chi connectivity index (χ0v) is 2.10. The van der Waals surface area contributed by atoms with Gasteiger partial charge in [-0.1, -0.05) is 0 Å². The minimum Gasteiger partial charge on any atom is -0.381 e. The molecule has 0 aromatic carbocycles. The van der Waals surface area contributed by atoms with E-state index in [9.17, 15) is 0 Å². The molecule has 0 aliphatic carbocycles. The van der Waals surface area contributed by atoms with Crippen molar-refractivity contribution in [2.45, 2.75) is 0 Å². The lowest BCUT2D eigenvalue weighted by molar-refractivity contribution is 0.348. The first-order valence-electron chi connectivity index (χ1n) is 0.893. The third-order valence-corrected chi connectivity index (χ3v) is 0.0707. The Kier molecular flexibility index (Phi) is 2.11. The Morgan fingerprint density at radius 2 is 2.25 bits per heavy atom. The molecule has 0 aromatic rings. The van der Waals surface area contributed by atoms with Crippen LogP contribution < -0.4 is 0 Å². The van der Waals surface area contributed by atoms with Crippen LogP contribution in [-0.2, 0) is 0 Å². The van der Waals surface area contributed by atoms with Crippen molar-refractivity contribution < 1.29 is 5.11 Å². The van der Waals surface area contributed by atoms with Crippen molar-refractivity contribution in [3.8, 4) is 6.07 Å². The molecule has 0 bridgehead atoms. The summed E-state index contributed by atoms with van der Waals surface area (Å²) in [5.74, 6) is 0. The third kappa shape index (κ3) is 1.45. The molecular formula is C2H3NO. The van der Waals surface area contributed by atoms with Gasteiger partial charge in [0.05, 0.1) is 6.07 Å². The van der Waals surface area contributed by atoms with E-state index in [0.29, 0.717) is 0 Å². The van der Waals surface area contributed by atoms with Crippen molar-refractivity contribution >= 4 is 0 Å². The van der Waals surface area contributed by atoms with Crippen LogP contribution in [0.5, 0.6) is 0 Å². The van der Waals surface area contributed by atoms with E-state index in [4.69, 9.17) is 10.4 Å². The molecule has 0 atom stereocenters. The second-order valence-corrected chi connectivity index (χ2v) is 0.316. The van der Waals surface area contributed by atoms with Crippen LogP contribution in [-0.4, -0.2) is 11.7 Å². The number of rotatable bonds is 0. The Bertz CT molecular complexity index is 35.8. The van der Waals surface area contributed by atoms with Crippen LogP contribution in [0.2, 0.25) is 0 Å². The van der Waals surface area contributed by atoms with Crippen LogP contribution in [0.15, 0.2) is 0 Å². The Hall–Kier alpha value is -0.550. The molecule has 0 aromatic heterocycles. The van der Waals surface area contributed by atoms with E-state index in [0.717, 1.165) is 0 Å². The van der Waals surface area contributed by atoms with E-state index in [-0.39, 0.29) is 6.61 Å². The summed E-state index contributed by atoms with van der Waals surface area (Å²) in [7, 11) is 0. The topological polar surface area (TPSA) is 44.0 Å². The summed E-state index contributed by atoms with van der Waals surface area (Å²) in [5, 5.41) is 14.9. The lowest BCUT2D eigenvalue weighted by atomic mass is 11.8. The number of aliphatic hydroxyl groups excluding tert-OH is 1. The lowest BCUT2D eigenvalue weighted by Crippen LogP contribution is -1.64. The van der Waals surface area contributed by atoms with Crippen LogP contribution in [0.3, 0.4) is 0 Å². The van der Waals surface area contributed by atoms with Crippen LogP contribution in [0.25, 0.3) is 0 Å². The first-order valence-corrected chi connectivity index (χ1v) is 0.893. The molecule has 0 rings (SSSR count). The molecule has 0 unspecified atom stereocenters. The van der Waals surface area contributed by atoms with Gasteiger partial charge in [0.2, 0.25) is 0 Å². The standard InChI is InChI=1S/C2H3NO/c3-1-2-4/h4H,2H2/i1+1,2+1. The summed E-state index contributed by atoms with van der Waals surface area (Å²) >= 11 is 0. The van der Waals surface area contributed by atoms with Gasteiger partial charge in [-0.05, 0) is 0 Å². The maximum atomic E-state index is 7.51. The van der Waals surface area contributed by atoms with Crippen LogP contribution in [0.4, 0.5) is 0 Å². The summed E-state index contributed by atoms with van der Waals surface area (Å²) in [6, 6.07) is 1.49. The zero-order chi connectivity index (χ0) is 3.41. The van der Waals surface area contributed by atoms with Crippen LogP contribution in [0.1, 0.15) is 0 Å². The Morgan fingerprint density at radius 1 is 2.00 bits per heavy atom. The number of nitriles is 1. The number of hydrogen-bond donors (Lipinski definition) is 1. The van der Waals surface area contributed by atoms with Gasteiger partial charge in [-0.2, -0.15) is 5.26 Å². The summed E-state index contributed by atoms with van der Waals surface area (Å²) in [4.78, 5) is 0. The molecule has 0 fully saturated rings. The molecule has 2 heteroatoms. The fourth-order valence-electron chi connectivity index (χ4n) is 0. The van der Waals surface area contributed by atoms with E-state index in [1.807, 2.05) is 0 Å². The molecule has 0 saturated carbocycles. The van der Waals surface area contributed by atoms with E-state index in [1.165, 1.54) is 6.07 Å². The highest BCUT2D eigenvalue weighted by atomic mass is 16.3. The molecule has 2 nitrogen and oxygen atoms in total. The Labute approximate surface area is 24.3 Å². The van der Waals surface area contributed by atoms with Gasteiger partial charge in [0, 0.05) is 0 Å². The number of aliphatic hydroxyl groups is 1. The normalized spacial score (nSPS) is 5.00. The predicted molar refractivity (Wildman–Crippen MR) is 12.7 cm³/mol. The lowest BCUT2D eigenvalue weighted by Gasteiger charge is -1.50. The van der Waals surface area contributed by atoms with Gasteiger partial charge in [-0.3, -0.25) is 0 Å². The van der Waals surface area contributed by atoms with Crippen molar-refractivity contribution in [1.82, 2.24) is 0 Å². The highest BCUT2D eigenvalue weighted by Gasteiger charge is 1.49. The van der Waals surface area contributed by atoms with Crippen molar-refractivity contribution in [3.05, 3.63) is 0 Å². The second-order valence-electron chi connectivity index (χ2n) is 0.316. The molecule has 0 aliphatic heterocycles. The molecule has 0 aliphatic rings. The van der Waals surface area contributed by atoms with Crippen LogP contribution >= 0.6 is 0 Å². The predicted octanol–water partition coefficient (Wildman–Crippen LogP) is -0.498. The monoisotopic (exact) mass is 59.0 g/mol. The van der Waals surface area contributed by atoms with E-state index < -0.39 is 0 Å². The number of nitrogens with zero attached hydrogens (tertiary/aromatic N) is 1. The van der Waals surface area contributed by atoms with Crippen molar-refractivity contribution in [1.29, 1.82) is 5.26 Å². The van der Waals surface area contributed by atoms with E-state index in [1.54, 1.807) is 0 Å². The van der Waals surface area contributed by atoms with Gasteiger partial charge in [0.25, 0.3) is 0 Å². The van der Waals surface area contributed by atoms with Crippen LogP contribution in [0, 0.1) is 11.3 Å². The smallest absolute Gasteiger partial charge is 0.130 e. The largest absolute Gasteiger partial charge is 0.381 e. The minimum absolute atomic E-state index is 0.375. The Balaban J connectivity index is 2.43. The van der Waals surface area contributed by atoms with Gasteiger partial charge in [-0.15, -0.1) is 0 Å². The van der Waals surface area contributed by atoms with Gasteiger partial charge in [0.15, 0.2) is 0 Å². The Morgan fingerprint density at radius 3 is 2.25 bits per heavy atom. The summed E-state index contributed by atoms with van der Waals surface area (Å²) in [6.45, 7) is -0.375. The van der Waals surface area contributed by atoms with Gasteiger partial charge < -0.3 is 5.11 Å². The fourth-order valence-corrected chi connectivity index (χ4v) is 0. The number of hydrogen-bond acceptors (Lipinski definition) is 2. The van der Waals surface area contributed by atoms with Crippen molar-refractivity contribution in [3.63, 3.8) is 0 Å². The molecule has 0 saturated heterocycles. The summed E-state index contributed by atoms with van der Waals surface area (Å²) < 4.78 is 0. The SMILES string of the molecule is N#[13C][13CH2]O. The van der Waals surface area contributed by atoms with Gasteiger partial charge >= 0.3 is 0 Å². The molecule has 4 heavy (non-hydrogen) atoms. The average Bonchev–Trinajstić information content (AvgIpc) is 1.37. The fraction of sp³-hybridized carbons (Fsp3) is 0.500. The highest BCUT2D eigenvalue weighted by molar-refractivity contribution is 4.63. The maximum absolute atomic E-state index is 7.51. The molecular weight excluding hydrogens is 56.0 g/mol. The van der Waals surface area contributed by atoms with Crippen molar-refractivity contribution in [2.75, 3.05) is 6.61 Å². The highest BCUT2D eigenvalue weighted by Crippen LogP contribution is 1.34. The quantitative estimate of drug-likeness (QED) is 0.302. The molecule has 1 N–H and O–H groups in total. The van der Waals surface area contributed by atoms with E-state index >= 15 is 0 Å².